The summed E-state index contributed by atoms with van der Waals surface area (Å²) >= 11 is 0. The summed E-state index contributed by atoms with van der Waals surface area (Å²) in [5, 5.41) is 0. The normalized spacial score (nSPS) is 15.5. The van der Waals surface area contributed by atoms with Crippen molar-refractivity contribution in [1.29, 1.82) is 0 Å². The van der Waals surface area contributed by atoms with Crippen LogP contribution in [-0.2, 0) is 0 Å². The van der Waals surface area contributed by atoms with Crippen LogP contribution in [0.3, 0.4) is 0 Å². The fourth-order valence-electron chi connectivity index (χ4n) is 2.68. The molecular formula is C18H20N2O. The predicted octanol–water partition coefficient (Wildman–Crippen LogP) is 3.71. The van der Waals surface area contributed by atoms with Crippen LogP contribution in [0.15, 0.2) is 54.6 Å². The molecule has 0 heterocycles. The molecule has 2 aromatic carbocycles. The molecule has 1 saturated carbocycles. The molecule has 1 amide bonds. The van der Waals surface area contributed by atoms with Crippen LogP contribution < -0.4 is 10.6 Å². The molecule has 0 saturated heterocycles. The average Bonchev–Trinajstić information content (AvgIpc) is 3.34. The first kappa shape index (κ1) is 13.7. The van der Waals surface area contributed by atoms with Gasteiger partial charge in [0.15, 0.2) is 0 Å². The number of amides is 1. The first-order valence-electron chi connectivity index (χ1n) is 7.41. The van der Waals surface area contributed by atoms with Crippen LogP contribution in [-0.4, -0.2) is 11.9 Å². The summed E-state index contributed by atoms with van der Waals surface area (Å²) in [5.74, 6) is 0.656. The number of nitrogens with two attached hydrogens (primary N) is 1. The fraction of sp³-hybridized carbons (Fsp3) is 0.278. The number of nitrogen functional groups attached to an aromatic ring is 1. The fourth-order valence-corrected chi connectivity index (χ4v) is 2.68. The van der Waals surface area contributed by atoms with Crippen LogP contribution in [0, 0.1) is 5.92 Å². The second-order valence-corrected chi connectivity index (χ2v) is 5.71. The lowest BCUT2D eigenvalue weighted by Gasteiger charge is -2.29. The van der Waals surface area contributed by atoms with Crippen LogP contribution in [0.1, 0.15) is 30.1 Å². The lowest BCUT2D eigenvalue weighted by Crippen LogP contribution is -2.40. The van der Waals surface area contributed by atoms with Gasteiger partial charge in [-0.1, -0.05) is 18.2 Å². The van der Waals surface area contributed by atoms with E-state index in [2.05, 4.69) is 6.92 Å². The molecule has 1 aliphatic rings. The molecule has 3 nitrogen and oxygen atoms in total. The Morgan fingerprint density at radius 1 is 1.10 bits per heavy atom. The van der Waals surface area contributed by atoms with Crippen molar-refractivity contribution in [2.24, 2.45) is 5.92 Å². The first-order valence-corrected chi connectivity index (χ1v) is 7.41. The summed E-state index contributed by atoms with van der Waals surface area (Å²) in [4.78, 5) is 14.8. The van der Waals surface area contributed by atoms with E-state index in [9.17, 15) is 4.79 Å². The molecule has 2 aromatic rings. The number of rotatable bonds is 4. The van der Waals surface area contributed by atoms with Crippen molar-refractivity contribution < 1.29 is 4.79 Å². The minimum atomic E-state index is 0.0422. The van der Waals surface area contributed by atoms with Gasteiger partial charge in [-0.25, -0.2) is 0 Å². The van der Waals surface area contributed by atoms with Gasteiger partial charge in [0.05, 0.1) is 0 Å². The Labute approximate surface area is 125 Å². The van der Waals surface area contributed by atoms with Crippen LogP contribution in [0.2, 0.25) is 0 Å². The minimum Gasteiger partial charge on any atom is -0.399 e. The zero-order valence-electron chi connectivity index (χ0n) is 12.2. The highest BCUT2D eigenvalue weighted by molar-refractivity contribution is 6.06. The molecule has 3 heteroatoms. The van der Waals surface area contributed by atoms with Gasteiger partial charge < -0.3 is 10.6 Å². The molecule has 108 valence electrons. The van der Waals surface area contributed by atoms with Crippen LogP contribution in [0.25, 0.3) is 0 Å². The van der Waals surface area contributed by atoms with Crippen molar-refractivity contribution in [3.05, 3.63) is 60.2 Å². The van der Waals surface area contributed by atoms with Crippen molar-refractivity contribution >= 4 is 17.3 Å². The van der Waals surface area contributed by atoms with Gasteiger partial charge >= 0.3 is 0 Å². The van der Waals surface area contributed by atoms with Gasteiger partial charge in [0.2, 0.25) is 0 Å². The van der Waals surface area contributed by atoms with Gasteiger partial charge in [-0.3, -0.25) is 4.79 Å². The molecule has 1 aliphatic carbocycles. The number of anilines is 2. The standard InChI is InChI=1S/C18H20N2O/c1-13(14-7-8-14)20(17-5-3-2-4-6-17)18(21)15-9-11-16(19)12-10-15/h2-6,9-14H,7-8,19H2,1H3/t13-/m1/s1. The smallest absolute Gasteiger partial charge is 0.258 e. The lowest BCUT2D eigenvalue weighted by atomic mass is 10.1. The van der Waals surface area contributed by atoms with Gasteiger partial charge in [0, 0.05) is 23.0 Å². The highest BCUT2D eigenvalue weighted by atomic mass is 16.2. The molecule has 0 aliphatic heterocycles. The molecule has 2 N–H and O–H groups in total. The third-order valence-corrected chi connectivity index (χ3v) is 4.12. The average molecular weight is 280 g/mol. The van der Waals surface area contributed by atoms with E-state index >= 15 is 0 Å². The second kappa shape index (κ2) is 5.60. The summed E-state index contributed by atoms with van der Waals surface area (Å²) in [7, 11) is 0. The third kappa shape index (κ3) is 2.92. The number of hydrogen-bond donors (Lipinski definition) is 1. The summed E-state index contributed by atoms with van der Waals surface area (Å²) in [6.07, 6.45) is 2.42. The quantitative estimate of drug-likeness (QED) is 0.868. The van der Waals surface area contributed by atoms with Crippen molar-refractivity contribution in [1.82, 2.24) is 0 Å². The number of hydrogen-bond acceptors (Lipinski definition) is 2. The minimum absolute atomic E-state index is 0.0422. The maximum Gasteiger partial charge on any atom is 0.258 e. The van der Waals surface area contributed by atoms with Crippen molar-refractivity contribution in [2.75, 3.05) is 10.6 Å². The summed E-state index contributed by atoms with van der Waals surface area (Å²) in [6, 6.07) is 17.3. The molecule has 1 atom stereocenters. The van der Waals surface area contributed by atoms with E-state index in [1.807, 2.05) is 35.2 Å². The van der Waals surface area contributed by atoms with Crippen molar-refractivity contribution in [2.45, 2.75) is 25.8 Å². The van der Waals surface area contributed by atoms with Gasteiger partial charge in [-0.2, -0.15) is 0 Å². The van der Waals surface area contributed by atoms with Crippen LogP contribution >= 0.6 is 0 Å². The number of benzene rings is 2. The lowest BCUT2D eigenvalue weighted by molar-refractivity contribution is 0.0975. The largest absolute Gasteiger partial charge is 0.399 e. The van der Waals surface area contributed by atoms with E-state index in [1.54, 1.807) is 24.3 Å². The summed E-state index contributed by atoms with van der Waals surface area (Å²) in [5.41, 5.74) is 8.02. The highest BCUT2D eigenvalue weighted by Crippen LogP contribution is 2.37. The molecule has 0 radical (unpaired) electrons. The van der Waals surface area contributed by atoms with E-state index in [0.29, 0.717) is 17.2 Å². The predicted molar refractivity (Wildman–Crippen MR) is 86.3 cm³/mol. The number of nitrogens with zero attached hydrogens (tertiary/aromatic N) is 1. The van der Waals surface area contributed by atoms with Gasteiger partial charge in [0.25, 0.3) is 5.91 Å². The second-order valence-electron chi connectivity index (χ2n) is 5.71. The van der Waals surface area contributed by atoms with E-state index in [1.165, 1.54) is 12.8 Å². The van der Waals surface area contributed by atoms with E-state index in [-0.39, 0.29) is 11.9 Å². The van der Waals surface area contributed by atoms with Crippen molar-refractivity contribution in [3.63, 3.8) is 0 Å². The van der Waals surface area contributed by atoms with Crippen LogP contribution in [0.5, 0.6) is 0 Å². The Kier molecular flexibility index (Phi) is 3.65. The third-order valence-electron chi connectivity index (χ3n) is 4.12. The maximum absolute atomic E-state index is 12.9. The molecule has 0 spiro atoms. The molecule has 0 aromatic heterocycles. The number of carbonyl (C=O) groups excluding carboxylic acids is 1. The summed E-state index contributed by atoms with van der Waals surface area (Å²) in [6.45, 7) is 2.14. The topological polar surface area (TPSA) is 46.3 Å². The Morgan fingerprint density at radius 2 is 1.71 bits per heavy atom. The van der Waals surface area contributed by atoms with E-state index in [4.69, 9.17) is 5.73 Å². The monoisotopic (exact) mass is 280 g/mol. The molecular weight excluding hydrogens is 260 g/mol. The molecule has 1 fully saturated rings. The Balaban J connectivity index is 1.94. The molecule has 0 unspecified atom stereocenters. The molecule has 3 rings (SSSR count). The summed E-state index contributed by atoms with van der Waals surface area (Å²) < 4.78 is 0. The van der Waals surface area contributed by atoms with Gasteiger partial charge in [-0.15, -0.1) is 0 Å². The van der Waals surface area contributed by atoms with Gasteiger partial charge in [0.1, 0.15) is 0 Å². The van der Waals surface area contributed by atoms with Crippen molar-refractivity contribution in [3.8, 4) is 0 Å². The van der Waals surface area contributed by atoms with E-state index in [0.717, 1.165) is 5.69 Å². The Bertz CT molecular complexity index is 617. The maximum atomic E-state index is 12.9. The zero-order valence-corrected chi connectivity index (χ0v) is 12.2. The highest BCUT2D eigenvalue weighted by Gasteiger charge is 2.35. The van der Waals surface area contributed by atoms with Gasteiger partial charge in [-0.05, 0) is 62.1 Å². The Hall–Kier alpha value is -2.29. The molecule has 21 heavy (non-hydrogen) atoms. The number of para-hydroxylation sites is 1. The molecule has 0 bridgehead atoms. The number of carbonyl (C=O) groups is 1. The van der Waals surface area contributed by atoms with E-state index < -0.39 is 0 Å². The first-order chi connectivity index (χ1) is 10.2. The SMILES string of the molecule is C[C@H](C1CC1)N(C(=O)c1ccc(N)cc1)c1ccccc1. The zero-order chi connectivity index (χ0) is 14.8. The Morgan fingerprint density at radius 3 is 2.29 bits per heavy atom. The van der Waals surface area contributed by atoms with Crippen LogP contribution in [0.4, 0.5) is 11.4 Å².